The van der Waals surface area contributed by atoms with Crippen molar-refractivity contribution in [2.24, 2.45) is 5.90 Å². The van der Waals surface area contributed by atoms with Crippen molar-refractivity contribution in [3.8, 4) is 0 Å². The van der Waals surface area contributed by atoms with E-state index in [1.54, 1.807) is 0 Å². The molecule has 0 bridgehead atoms. The lowest BCUT2D eigenvalue weighted by Gasteiger charge is -1.83. The van der Waals surface area contributed by atoms with Gasteiger partial charge in [0.2, 0.25) is 0 Å². The molecule has 0 amide bonds. The second kappa shape index (κ2) is 3.55. The highest BCUT2D eigenvalue weighted by Crippen LogP contribution is 1.91. The van der Waals surface area contributed by atoms with Gasteiger partial charge >= 0.3 is 0 Å². The third-order valence-electron chi connectivity index (χ3n) is 0.303. The zero-order valence-corrected chi connectivity index (χ0v) is 3.47. The van der Waals surface area contributed by atoms with Crippen molar-refractivity contribution < 1.29 is 13.6 Å². The molecule has 0 radical (unpaired) electrons. The molecule has 0 atom stereocenters. The predicted octanol–water partition coefficient (Wildman–Crippen LogP) is 0.656. The maximum absolute atomic E-state index is 11.0. The topological polar surface area (TPSA) is 35.2 Å². The minimum atomic E-state index is -2.48. The molecule has 0 saturated heterocycles. The highest BCUT2D eigenvalue weighted by molar-refractivity contribution is 4.74. The number of allylic oxidation sites excluding steroid dienone is 1. The zero-order chi connectivity index (χ0) is 5.70. The SMILES string of the molecule is NOC=CC(F)F. The largest absolute Gasteiger partial charge is 0.419 e. The first-order valence-corrected chi connectivity index (χ1v) is 1.57. The molecule has 0 aliphatic rings. The molecule has 0 aliphatic carbocycles. The van der Waals surface area contributed by atoms with E-state index in [9.17, 15) is 8.78 Å². The van der Waals surface area contributed by atoms with E-state index in [1.807, 2.05) is 0 Å². The van der Waals surface area contributed by atoms with Crippen LogP contribution in [0, 0.1) is 0 Å². The van der Waals surface area contributed by atoms with Gasteiger partial charge in [-0.15, -0.1) is 0 Å². The Morgan fingerprint density at radius 3 is 2.29 bits per heavy atom. The van der Waals surface area contributed by atoms with Crippen LogP contribution in [-0.4, -0.2) is 6.43 Å². The number of halogens is 2. The Balaban J connectivity index is 3.08. The molecule has 2 N–H and O–H groups in total. The fourth-order valence-corrected chi connectivity index (χ4v) is 0.105. The number of alkyl halides is 2. The quantitative estimate of drug-likeness (QED) is 0.417. The molecule has 0 aromatic carbocycles. The molecule has 0 rings (SSSR count). The molecule has 0 fully saturated rings. The summed E-state index contributed by atoms with van der Waals surface area (Å²) in [6.07, 6.45) is -1.21. The summed E-state index contributed by atoms with van der Waals surface area (Å²) in [7, 11) is 0. The Morgan fingerprint density at radius 2 is 2.14 bits per heavy atom. The lowest BCUT2D eigenvalue weighted by molar-refractivity contribution is 0.191. The summed E-state index contributed by atoms with van der Waals surface area (Å²) >= 11 is 0. The molecule has 0 heterocycles. The summed E-state index contributed by atoms with van der Waals surface area (Å²) in [6, 6.07) is 0. The average molecular weight is 109 g/mol. The molecule has 2 nitrogen and oxygen atoms in total. The molecule has 7 heavy (non-hydrogen) atoms. The zero-order valence-electron chi connectivity index (χ0n) is 3.47. The van der Waals surface area contributed by atoms with Gasteiger partial charge in [-0.3, -0.25) is 0 Å². The summed E-state index contributed by atoms with van der Waals surface area (Å²) < 4.78 is 22.0. The lowest BCUT2D eigenvalue weighted by Crippen LogP contribution is -1.90. The second-order valence-electron chi connectivity index (χ2n) is 0.799. The normalized spacial score (nSPS) is 10.9. The third-order valence-corrected chi connectivity index (χ3v) is 0.303. The van der Waals surface area contributed by atoms with Crippen molar-refractivity contribution >= 4 is 0 Å². The minimum Gasteiger partial charge on any atom is -0.419 e. The van der Waals surface area contributed by atoms with Crippen LogP contribution in [0.3, 0.4) is 0 Å². The molecule has 0 saturated carbocycles. The van der Waals surface area contributed by atoms with E-state index in [0.29, 0.717) is 6.08 Å². The van der Waals surface area contributed by atoms with Gasteiger partial charge in [-0.05, 0) is 0 Å². The van der Waals surface area contributed by atoms with Gasteiger partial charge in [0.05, 0.1) is 0 Å². The molecule has 0 aromatic rings. The van der Waals surface area contributed by atoms with Crippen LogP contribution in [0.15, 0.2) is 12.3 Å². The molecular weight excluding hydrogens is 104 g/mol. The summed E-state index contributed by atoms with van der Waals surface area (Å²) in [4.78, 5) is 3.69. The van der Waals surface area contributed by atoms with E-state index < -0.39 is 6.43 Å². The van der Waals surface area contributed by atoms with Crippen LogP contribution in [0.2, 0.25) is 0 Å². The Bertz CT molecular complexity index is 64.0. The fourth-order valence-electron chi connectivity index (χ4n) is 0.105. The first kappa shape index (κ1) is 6.36. The summed E-state index contributed by atoms with van der Waals surface area (Å²) in [5.74, 6) is 4.36. The van der Waals surface area contributed by atoms with Crippen LogP contribution in [0.25, 0.3) is 0 Å². The number of nitrogens with two attached hydrogens (primary N) is 1. The number of hydrogen-bond acceptors (Lipinski definition) is 2. The van der Waals surface area contributed by atoms with Gasteiger partial charge < -0.3 is 4.84 Å². The smallest absolute Gasteiger partial charge is 0.260 e. The van der Waals surface area contributed by atoms with Gasteiger partial charge in [0.15, 0.2) is 0 Å². The van der Waals surface area contributed by atoms with E-state index in [0.717, 1.165) is 6.26 Å². The van der Waals surface area contributed by atoms with Gasteiger partial charge in [0, 0.05) is 6.08 Å². The maximum Gasteiger partial charge on any atom is 0.260 e. The van der Waals surface area contributed by atoms with Crippen LogP contribution < -0.4 is 5.90 Å². The predicted molar refractivity (Wildman–Crippen MR) is 20.4 cm³/mol. The minimum absolute atomic E-state index is 0.542. The lowest BCUT2D eigenvalue weighted by atomic mass is 10.7. The Morgan fingerprint density at radius 1 is 1.57 bits per heavy atom. The molecule has 0 unspecified atom stereocenters. The van der Waals surface area contributed by atoms with Crippen LogP contribution in [0.1, 0.15) is 0 Å². The van der Waals surface area contributed by atoms with Crippen LogP contribution in [-0.2, 0) is 4.84 Å². The average Bonchev–Trinajstić information content (AvgIpc) is 1.61. The van der Waals surface area contributed by atoms with Crippen molar-refractivity contribution in [2.75, 3.05) is 0 Å². The molecule has 0 spiro atoms. The molecule has 0 aromatic heterocycles. The van der Waals surface area contributed by atoms with Gasteiger partial charge in [0.1, 0.15) is 6.26 Å². The van der Waals surface area contributed by atoms with Gasteiger partial charge in [-0.25, -0.2) is 8.78 Å². The van der Waals surface area contributed by atoms with Crippen LogP contribution >= 0.6 is 0 Å². The van der Waals surface area contributed by atoms with Crippen LogP contribution in [0.5, 0.6) is 0 Å². The third kappa shape index (κ3) is 5.36. The summed E-state index contributed by atoms with van der Waals surface area (Å²) in [6.45, 7) is 0. The first-order chi connectivity index (χ1) is 3.27. The van der Waals surface area contributed by atoms with Gasteiger partial charge in [0.25, 0.3) is 6.43 Å². The maximum atomic E-state index is 11.0. The second-order valence-corrected chi connectivity index (χ2v) is 0.799. The molecule has 0 aliphatic heterocycles. The summed E-state index contributed by atoms with van der Waals surface area (Å²) in [5.41, 5.74) is 0. The monoisotopic (exact) mass is 109 g/mol. The standard InChI is InChI=1S/C3H5F2NO/c4-3(5)1-2-7-6/h1-3H,6H2. The highest BCUT2D eigenvalue weighted by Gasteiger charge is 1.90. The van der Waals surface area contributed by atoms with Crippen molar-refractivity contribution in [3.05, 3.63) is 12.3 Å². The number of rotatable bonds is 2. The Labute approximate surface area is 39.5 Å². The number of hydrogen-bond donors (Lipinski definition) is 1. The van der Waals surface area contributed by atoms with E-state index in [2.05, 4.69) is 10.7 Å². The van der Waals surface area contributed by atoms with Gasteiger partial charge in [-0.2, -0.15) is 5.90 Å². The van der Waals surface area contributed by atoms with Crippen molar-refractivity contribution in [2.45, 2.75) is 6.43 Å². The van der Waals surface area contributed by atoms with E-state index >= 15 is 0 Å². The van der Waals surface area contributed by atoms with E-state index in [1.165, 1.54) is 0 Å². The van der Waals surface area contributed by atoms with E-state index in [-0.39, 0.29) is 0 Å². The molecular formula is C3H5F2NO. The van der Waals surface area contributed by atoms with Crippen LogP contribution in [0.4, 0.5) is 8.78 Å². The molecule has 4 heteroatoms. The highest BCUT2D eigenvalue weighted by atomic mass is 19.3. The Hall–Kier alpha value is -0.640. The van der Waals surface area contributed by atoms with E-state index in [4.69, 9.17) is 0 Å². The van der Waals surface area contributed by atoms with Gasteiger partial charge in [-0.1, -0.05) is 0 Å². The van der Waals surface area contributed by atoms with Crippen molar-refractivity contribution in [3.63, 3.8) is 0 Å². The first-order valence-electron chi connectivity index (χ1n) is 1.57. The molecule has 42 valence electrons. The Kier molecular flexibility index (Phi) is 3.22. The summed E-state index contributed by atoms with van der Waals surface area (Å²) in [5, 5.41) is 0. The van der Waals surface area contributed by atoms with Crippen molar-refractivity contribution in [1.29, 1.82) is 0 Å². The van der Waals surface area contributed by atoms with Crippen molar-refractivity contribution in [1.82, 2.24) is 0 Å². The fraction of sp³-hybridized carbons (Fsp3) is 0.333.